The van der Waals surface area contributed by atoms with Crippen LogP contribution in [0.2, 0.25) is 0 Å². The first-order valence-corrected chi connectivity index (χ1v) is 8.97. The van der Waals surface area contributed by atoms with Crippen LogP contribution in [-0.4, -0.2) is 53.4 Å². The van der Waals surface area contributed by atoms with Crippen molar-refractivity contribution in [2.24, 2.45) is 0 Å². The summed E-state index contributed by atoms with van der Waals surface area (Å²) in [6.07, 6.45) is 5.30. The molecule has 0 aliphatic carbocycles. The Kier molecular flexibility index (Phi) is 5.65. The van der Waals surface area contributed by atoms with Gasteiger partial charge in [0.1, 0.15) is 11.4 Å². The van der Waals surface area contributed by atoms with Crippen LogP contribution in [0.1, 0.15) is 37.0 Å². The van der Waals surface area contributed by atoms with Crippen molar-refractivity contribution < 1.29 is 9.53 Å². The van der Waals surface area contributed by atoms with Gasteiger partial charge >= 0.3 is 5.97 Å². The number of hydrogen-bond donors (Lipinski definition) is 0. The lowest BCUT2D eigenvalue weighted by Gasteiger charge is -2.38. The molecule has 0 saturated carbocycles. The summed E-state index contributed by atoms with van der Waals surface area (Å²) in [5, 5.41) is 8.19. The summed E-state index contributed by atoms with van der Waals surface area (Å²) in [6, 6.07) is 7.63. The summed E-state index contributed by atoms with van der Waals surface area (Å²) in [7, 11) is 1.99. The molecular formula is C19H25N5O2. The molecule has 3 heterocycles. The van der Waals surface area contributed by atoms with Crippen molar-refractivity contribution in [3.05, 3.63) is 42.2 Å². The van der Waals surface area contributed by atoms with Crippen molar-refractivity contribution in [1.29, 1.82) is 0 Å². The summed E-state index contributed by atoms with van der Waals surface area (Å²) in [5.41, 5.74) is 0.500. The van der Waals surface area contributed by atoms with Gasteiger partial charge in [-0.15, -0.1) is 5.10 Å². The van der Waals surface area contributed by atoms with Gasteiger partial charge in [0.15, 0.2) is 5.82 Å². The van der Waals surface area contributed by atoms with Crippen molar-refractivity contribution in [2.45, 2.75) is 38.8 Å². The Labute approximate surface area is 154 Å². The minimum atomic E-state index is -0.337. The first-order valence-electron chi connectivity index (χ1n) is 8.97. The van der Waals surface area contributed by atoms with Gasteiger partial charge < -0.3 is 14.5 Å². The monoisotopic (exact) mass is 355 g/mol. The van der Waals surface area contributed by atoms with E-state index >= 15 is 0 Å². The van der Waals surface area contributed by atoms with E-state index in [1.807, 2.05) is 33.0 Å². The fourth-order valence-electron chi connectivity index (χ4n) is 3.23. The standard InChI is InChI=1S/C19H25N5O2/c1-14(2)26-19(25)16-8-4-10-20-18(16)23(3)15-7-6-12-24(13-15)17-9-5-11-21-22-17/h4-5,8-11,14-15H,6-7,12-13H2,1-3H3. The molecule has 2 aromatic heterocycles. The highest BCUT2D eigenvalue weighted by Crippen LogP contribution is 2.25. The molecule has 2 aromatic rings. The fourth-order valence-corrected chi connectivity index (χ4v) is 3.23. The zero-order valence-electron chi connectivity index (χ0n) is 15.5. The molecule has 1 unspecified atom stereocenters. The minimum absolute atomic E-state index is 0.164. The van der Waals surface area contributed by atoms with Crippen LogP contribution >= 0.6 is 0 Å². The van der Waals surface area contributed by atoms with E-state index in [-0.39, 0.29) is 18.1 Å². The van der Waals surface area contributed by atoms with Gasteiger partial charge in [-0.1, -0.05) is 0 Å². The van der Waals surface area contributed by atoms with Crippen LogP contribution in [-0.2, 0) is 4.74 Å². The maximum absolute atomic E-state index is 12.4. The number of piperidine rings is 1. The lowest BCUT2D eigenvalue weighted by atomic mass is 10.0. The minimum Gasteiger partial charge on any atom is -0.459 e. The smallest absolute Gasteiger partial charge is 0.342 e. The fraction of sp³-hybridized carbons (Fsp3) is 0.474. The molecule has 0 radical (unpaired) electrons. The Morgan fingerprint density at radius 1 is 1.31 bits per heavy atom. The second-order valence-corrected chi connectivity index (χ2v) is 6.76. The molecule has 0 spiro atoms. The molecule has 0 bridgehead atoms. The summed E-state index contributed by atoms with van der Waals surface area (Å²) in [6.45, 7) is 5.45. The van der Waals surface area contributed by atoms with E-state index in [1.165, 1.54) is 0 Å². The molecule has 3 rings (SSSR count). The van der Waals surface area contributed by atoms with Crippen LogP contribution in [0.3, 0.4) is 0 Å². The Bertz CT molecular complexity index is 738. The molecule has 1 fully saturated rings. The number of pyridine rings is 1. The highest BCUT2D eigenvalue weighted by Gasteiger charge is 2.27. The number of ether oxygens (including phenoxy) is 1. The average molecular weight is 355 g/mol. The third-order valence-corrected chi connectivity index (χ3v) is 4.51. The van der Waals surface area contributed by atoms with Gasteiger partial charge in [0.2, 0.25) is 0 Å². The number of carbonyl (C=O) groups excluding carboxylic acids is 1. The molecular weight excluding hydrogens is 330 g/mol. The van der Waals surface area contributed by atoms with Crippen molar-refractivity contribution in [3.63, 3.8) is 0 Å². The van der Waals surface area contributed by atoms with E-state index in [0.717, 1.165) is 31.7 Å². The zero-order valence-corrected chi connectivity index (χ0v) is 15.5. The Hall–Kier alpha value is -2.70. The Morgan fingerprint density at radius 3 is 2.85 bits per heavy atom. The van der Waals surface area contributed by atoms with Crippen LogP contribution in [0.25, 0.3) is 0 Å². The number of nitrogens with zero attached hydrogens (tertiary/aromatic N) is 5. The van der Waals surface area contributed by atoms with Gasteiger partial charge in [0, 0.05) is 38.6 Å². The second kappa shape index (κ2) is 8.12. The number of aromatic nitrogens is 3. The van der Waals surface area contributed by atoms with Gasteiger partial charge in [0.25, 0.3) is 0 Å². The molecule has 1 saturated heterocycles. The van der Waals surface area contributed by atoms with E-state index in [1.54, 1.807) is 24.5 Å². The summed E-state index contributed by atoms with van der Waals surface area (Å²) in [4.78, 5) is 21.2. The lowest BCUT2D eigenvalue weighted by Crippen LogP contribution is -2.47. The van der Waals surface area contributed by atoms with Gasteiger partial charge in [-0.05, 0) is 51.0 Å². The van der Waals surface area contributed by atoms with E-state index in [0.29, 0.717) is 11.4 Å². The van der Waals surface area contributed by atoms with Crippen molar-refractivity contribution in [2.75, 3.05) is 29.9 Å². The molecule has 0 amide bonds. The predicted octanol–water partition coefficient (Wildman–Crippen LogP) is 2.54. The summed E-state index contributed by atoms with van der Waals surface area (Å²) in [5.74, 6) is 1.20. The SMILES string of the molecule is CC(C)OC(=O)c1cccnc1N(C)C1CCCN(c2cccnn2)C1. The largest absolute Gasteiger partial charge is 0.459 e. The highest BCUT2D eigenvalue weighted by atomic mass is 16.5. The molecule has 1 aliphatic heterocycles. The van der Waals surface area contributed by atoms with Gasteiger partial charge in [-0.2, -0.15) is 5.10 Å². The number of anilines is 2. The Morgan fingerprint density at radius 2 is 2.12 bits per heavy atom. The van der Waals surface area contributed by atoms with Gasteiger partial charge in [-0.3, -0.25) is 0 Å². The van der Waals surface area contributed by atoms with E-state index < -0.39 is 0 Å². The number of rotatable bonds is 5. The first-order chi connectivity index (χ1) is 12.6. The summed E-state index contributed by atoms with van der Waals surface area (Å²) < 4.78 is 5.37. The van der Waals surface area contributed by atoms with Crippen LogP contribution in [0.4, 0.5) is 11.6 Å². The van der Waals surface area contributed by atoms with Gasteiger partial charge in [0.05, 0.1) is 6.10 Å². The molecule has 7 heteroatoms. The second-order valence-electron chi connectivity index (χ2n) is 6.76. The number of esters is 1. The number of likely N-dealkylation sites (N-methyl/N-ethyl adjacent to an activating group) is 1. The van der Waals surface area contributed by atoms with Crippen LogP contribution in [0.5, 0.6) is 0 Å². The molecule has 0 aromatic carbocycles. The van der Waals surface area contributed by atoms with E-state index in [9.17, 15) is 4.79 Å². The lowest BCUT2D eigenvalue weighted by molar-refractivity contribution is 0.0378. The maximum Gasteiger partial charge on any atom is 0.342 e. The first kappa shape index (κ1) is 18.1. The zero-order chi connectivity index (χ0) is 18.5. The quantitative estimate of drug-likeness (QED) is 0.763. The van der Waals surface area contributed by atoms with Crippen molar-refractivity contribution in [1.82, 2.24) is 15.2 Å². The van der Waals surface area contributed by atoms with E-state index in [2.05, 4.69) is 25.0 Å². The summed E-state index contributed by atoms with van der Waals surface area (Å²) >= 11 is 0. The highest BCUT2D eigenvalue weighted by molar-refractivity contribution is 5.94. The molecule has 138 valence electrons. The third-order valence-electron chi connectivity index (χ3n) is 4.51. The third kappa shape index (κ3) is 4.09. The normalized spacial score (nSPS) is 17.2. The Balaban J connectivity index is 1.79. The molecule has 0 N–H and O–H groups in total. The molecule has 7 nitrogen and oxygen atoms in total. The number of carbonyl (C=O) groups is 1. The average Bonchev–Trinajstić information content (AvgIpc) is 2.67. The van der Waals surface area contributed by atoms with Crippen LogP contribution < -0.4 is 9.80 Å². The van der Waals surface area contributed by atoms with Gasteiger partial charge in [-0.25, -0.2) is 9.78 Å². The number of hydrogen-bond acceptors (Lipinski definition) is 7. The molecule has 26 heavy (non-hydrogen) atoms. The predicted molar refractivity (Wildman–Crippen MR) is 100 cm³/mol. The maximum atomic E-state index is 12.4. The van der Waals surface area contributed by atoms with Crippen molar-refractivity contribution >= 4 is 17.6 Å². The molecule has 1 aliphatic rings. The van der Waals surface area contributed by atoms with Crippen LogP contribution in [0.15, 0.2) is 36.7 Å². The topological polar surface area (TPSA) is 71.5 Å². The van der Waals surface area contributed by atoms with Crippen LogP contribution in [0, 0.1) is 0 Å². The molecule has 1 atom stereocenters. The van der Waals surface area contributed by atoms with E-state index in [4.69, 9.17) is 4.74 Å². The van der Waals surface area contributed by atoms with Crippen molar-refractivity contribution in [3.8, 4) is 0 Å².